The fraction of sp³-hybridized carbons (Fsp3) is 0.312. The minimum Gasteiger partial charge on any atom is -0.380 e. The van der Waals surface area contributed by atoms with Gasteiger partial charge in [-0.3, -0.25) is 0 Å². The van der Waals surface area contributed by atoms with E-state index in [4.69, 9.17) is 0 Å². The van der Waals surface area contributed by atoms with E-state index in [9.17, 15) is 13.2 Å². The Labute approximate surface area is 126 Å². The fourth-order valence-electron chi connectivity index (χ4n) is 2.61. The Morgan fingerprint density at radius 3 is 2.55 bits per heavy atom. The third-order valence-corrected chi connectivity index (χ3v) is 3.68. The average molecular weight is 307 g/mol. The van der Waals surface area contributed by atoms with Crippen molar-refractivity contribution in [2.75, 3.05) is 23.3 Å². The predicted molar refractivity (Wildman–Crippen MR) is 79.9 cm³/mol. The molecule has 2 aromatic rings. The molecule has 1 aromatic carbocycles. The molecule has 1 aliphatic heterocycles. The first-order valence-corrected chi connectivity index (χ1v) is 7.13. The van der Waals surface area contributed by atoms with Gasteiger partial charge in [-0.15, -0.1) is 0 Å². The molecule has 1 fully saturated rings. The monoisotopic (exact) mass is 307 g/mol. The average Bonchev–Trinajstić information content (AvgIpc) is 2.96. The third-order valence-electron chi connectivity index (χ3n) is 3.68. The van der Waals surface area contributed by atoms with Gasteiger partial charge in [0.05, 0.1) is 0 Å². The number of para-hydroxylation sites is 1. The van der Waals surface area contributed by atoms with Crippen LogP contribution in [0.1, 0.15) is 12.1 Å². The number of hydrogen-bond donors (Lipinski definition) is 1. The Morgan fingerprint density at radius 1 is 1.05 bits per heavy atom. The summed E-state index contributed by atoms with van der Waals surface area (Å²) in [4.78, 5) is 5.63. The van der Waals surface area contributed by atoms with E-state index in [1.807, 2.05) is 35.2 Å². The highest BCUT2D eigenvalue weighted by Gasteiger charge is 2.33. The topological polar surface area (TPSA) is 28.2 Å². The van der Waals surface area contributed by atoms with Crippen LogP contribution in [-0.2, 0) is 6.18 Å². The van der Waals surface area contributed by atoms with Gasteiger partial charge in [-0.1, -0.05) is 24.3 Å². The summed E-state index contributed by atoms with van der Waals surface area (Å²) >= 11 is 0. The quantitative estimate of drug-likeness (QED) is 0.935. The largest absolute Gasteiger partial charge is 0.433 e. The van der Waals surface area contributed by atoms with Gasteiger partial charge in [-0.2, -0.15) is 13.2 Å². The van der Waals surface area contributed by atoms with Gasteiger partial charge >= 0.3 is 6.18 Å². The smallest absolute Gasteiger partial charge is 0.380 e. The van der Waals surface area contributed by atoms with E-state index in [-0.39, 0.29) is 6.04 Å². The van der Waals surface area contributed by atoms with Crippen LogP contribution in [0.5, 0.6) is 0 Å². The second-order valence-electron chi connectivity index (χ2n) is 5.32. The van der Waals surface area contributed by atoms with E-state index in [0.29, 0.717) is 18.9 Å². The van der Waals surface area contributed by atoms with E-state index >= 15 is 0 Å². The van der Waals surface area contributed by atoms with Gasteiger partial charge in [0.2, 0.25) is 0 Å². The molecule has 3 rings (SSSR count). The van der Waals surface area contributed by atoms with Crippen molar-refractivity contribution in [3.8, 4) is 0 Å². The molecule has 1 N–H and O–H groups in total. The van der Waals surface area contributed by atoms with Crippen molar-refractivity contribution < 1.29 is 13.2 Å². The van der Waals surface area contributed by atoms with Gasteiger partial charge in [-0.05, 0) is 30.7 Å². The molecule has 0 bridgehead atoms. The van der Waals surface area contributed by atoms with Crippen molar-refractivity contribution in [2.45, 2.75) is 18.6 Å². The summed E-state index contributed by atoms with van der Waals surface area (Å²) in [5.74, 6) is 0.382. The second-order valence-corrected chi connectivity index (χ2v) is 5.32. The molecule has 0 radical (unpaired) electrons. The van der Waals surface area contributed by atoms with Crippen LogP contribution in [0.15, 0.2) is 48.5 Å². The summed E-state index contributed by atoms with van der Waals surface area (Å²) < 4.78 is 38.2. The van der Waals surface area contributed by atoms with Gasteiger partial charge in [-0.25, -0.2) is 4.98 Å². The minimum absolute atomic E-state index is 0.207. The van der Waals surface area contributed by atoms with Crippen LogP contribution in [0, 0.1) is 0 Å². The van der Waals surface area contributed by atoms with E-state index < -0.39 is 11.9 Å². The molecule has 22 heavy (non-hydrogen) atoms. The maximum absolute atomic E-state index is 12.7. The maximum atomic E-state index is 12.7. The molecule has 0 saturated carbocycles. The zero-order chi connectivity index (χ0) is 15.6. The highest BCUT2D eigenvalue weighted by Crippen LogP contribution is 2.29. The van der Waals surface area contributed by atoms with Crippen LogP contribution < -0.4 is 10.2 Å². The van der Waals surface area contributed by atoms with Crippen molar-refractivity contribution >= 4 is 11.5 Å². The number of pyridine rings is 1. The standard InChI is InChI=1S/C16H16F3N3/c17-16(18,19)14-7-4-8-15(21-14)22-10-9-13(11-22)20-12-5-2-1-3-6-12/h1-8,13,20H,9-11H2. The Morgan fingerprint density at radius 2 is 1.82 bits per heavy atom. The molecule has 0 amide bonds. The van der Waals surface area contributed by atoms with E-state index in [1.165, 1.54) is 6.07 Å². The Bertz CT molecular complexity index is 628. The number of aromatic nitrogens is 1. The zero-order valence-electron chi connectivity index (χ0n) is 11.8. The molecular formula is C16H16F3N3. The normalized spacial score (nSPS) is 18.5. The first-order valence-electron chi connectivity index (χ1n) is 7.13. The van der Waals surface area contributed by atoms with Crippen LogP contribution in [0.4, 0.5) is 24.7 Å². The number of rotatable bonds is 3. The predicted octanol–water partition coefficient (Wildman–Crippen LogP) is 3.79. The fourth-order valence-corrected chi connectivity index (χ4v) is 2.61. The van der Waals surface area contributed by atoms with Gasteiger partial charge in [0.15, 0.2) is 0 Å². The summed E-state index contributed by atoms with van der Waals surface area (Å²) in [7, 11) is 0. The number of alkyl halides is 3. The van der Waals surface area contributed by atoms with E-state index in [1.54, 1.807) is 6.07 Å². The molecule has 3 nitrogen and oxygen atoms in total. The van der Waals surface area contributed by atoms with Gasteiger partial charge in [0, 0.05) is 24.8 Å². The molecule has 1 atom stereocenters. The summed E-state index contributed by atoms with van der Waals surface area (Å²) in [5, 5.41) is 3.39. The van der Waals surface area contributed by atoms with Gasteiger partial charge in [0.1, 0.15) is 11.5 Å². The second kappa shape index (κ2) is 5.87. The summed E-state index contributed by atoms with van der Waals surface area (Å²) in [5.41, 5.74) is 0.177. The Hall–Kier alpha value is -2.24. The van der Waals surface area contributed by atoms with Crippen LogP contribution in [0.3, 0.4) is 0 Å². The van der Waals surface area contributed by atoms with Crippen LogP contribution in [-0.4, -0.2) is 24.1 Å². The van der Waals surface area contributed by atoms with Crippen molar-refractivity contribution in [1.29, 1.82) is 0 Å². The number of anilines is 2. The van der Waals surface area contributed by atoms with Gasteiger partial charge < -0.3 is 10.2 Å². The number of hydrogen-bond acceptors (Lipinski definition) is 3. The van der Waals surface area contributed by atoms with Crippen LogP contribution in [0.2, 0.25) is 0 Å². The lowest BCUT2D eigenvalue weighted by Crippen LogP contribution is -2.27. The van der Waals surface area contributed by atoms with E-state index in [0.717, 1.165) is 18.2 Å². The van der Waals surface area contributed by atoms with Crippen LogP contribution >= 0.6 is 0 Å². The lowest BCUT2D eigenvalue weighted by molar-refractivity contribution is -0.141. The van der Waals surface area contributed by atoms with Crippen molar-refractivity contribution in [3.05, 3.63) is 54.2 Å². The van der Waals surface area contributed by atoms with E-state index in [2.05, 4.69) is 10.3 Å². The van der Waals surface area contributed by atoms with Crippen LogP contribution in [0.25, 0.3) is 0 Å². The molecular weight excluding hydrogens is 291 g/mol. The van der Waals surface area contributed by atoms with Crippen molar-refractivity contribution in [2.24, 2.45) is 0 Å². The molecule has 2 heterocycles. The summed E-state index contributed by atoms with van der Waals surface area (Å²) in [6.07, 6.45) is -3.54. The molecule has 116 valence electrons. The molecule has 1 aromatic heterocycles. The Kier molecular flexibility index (Phi) is 3.92. The number of halogens is 3. The minimum atomic E-state index is -4.41. The molecule has 6 heteroatoms. The van der Waals surface area contributed by atoms with Crippen molar-refractivity contribution in [1.82, 2.24) is 4.98 Å². The highest BCUT2D eigenvalue weighted by atomic mass is 19.4. The molecule has 1 aliphatic rings. The number of nitrogens with one attached hydrogen (secondary N) is 1. The number of benzene rings is 1. The number of nitrogens with zero attached hydrogens (tertiary/aromatic N) is 2. The maximum Gasteiger partial charge on any atom is 0.433 e. The highest BCUT2D eigenvalue weighted by molar-refractivity contribution is 5.47. The molecule has 0 spiro atoms. The first-order chi connectivity index (χ1) is 10.5. The first kappa shape index (κ1) is 14.7. The summed E-state index contributed by atoms with van der Waals surface area (Å²) in [6.45, 7) is 1.34. The summed E-state index contributed by atoms with van der Waals surface area (Å²) in [6, 6.07) is 14.0. The molecule has 1 saturated heterocycles. The SMILES string of the molecule is FC(F)(F)c1cccc(N2CCC(Nc3ccccc3)C2)n1. The Balaban J connectivity index is 1.68. The van der Waals surface area contributed by atoms with Gasteiger partial charge in [0.25, 0.3) is 0 Å². The lowest BCUT2D eigenvalue weighted by Gasteiger charge is -2.19. The lowest BCUT2D eigenvalue weighted by atomic mass is 10.2. The zero-order valence-corrected chi connectivity index (χ0v) is 11.8. The molecule has 0 aliphatic carbocycles. The molecule has 1 unspecified atom stereocenters. The third kappa shape index (κ3) is 3.32. The van der Waals surface area contributed by atoms with Crippen molar-refractivity contribution in [3.63, 3.8) is 0 Å².